The van der Waals surface area contributed by atoms with Crippen LogP contribution in [0.2, 0.25) is 0 Å². The maximum Gasteiger partial charge on any atom is 0.0541 e. The van der Waals surface area contributed by atoms with E-state index in [1.807, 2.05) is 0 Å². The minimum Gasteiger partial charge on any atom is -0.356 e. The first-order valence-corrected chi connectivity index (χ1v) is 18.5. The van der Waals surface area contributed by atoms with Gasteiger partial charge in [0.15, 0.2) is 0 Å². The molecule has 0 saturated heterocycles. The van der Waals surface area contributed by atoms with Crippen molar-refractivity contribution in [3.05, 3.63) is 212 Å². The molecule has 0 atom stereocenters. The van der Waals surface area contributed by atoms with Crippen LogP contribution in [0.5, 0.6) is 0 Å². The fraction of sp³-hybridized carbons (Fsp3) is 0. The summed E-state index contributed by atoms with van der Waals surface area (Å²) in [5, 5.41) is 8.72. The average molecular weight is 689 g/mol. The highest BCUT2D eigenvalue weighted by molar-refractivity contribution is 6.10. The van der Waals surface area contributed by atoms with Gasteiger partial charge in [0.05, 0.1) is 16.7 Å². The Kier molecular flexibility index (Phi) is 7.85. The minimum atomic E-state index is 1.05. The smallest absolute Gasteiger partial charge is 0.0541 e. The predicted molar refractivity (Wildman–Crippen MR) is 230 cm³/mol. The number of benzene rings is 9. The molecule has 0 amide bonds. The second-order valence-corrected chi connectivity index (χ2v) is 13.8. The quantitative estimate of drug-likeness (QED) is 0.176. The lowest BCUT2D eigenvalue weighted by Crippen LogP contribution is -1.97. The lowest BCUT2D eigenvalue weighted by Gasteiger charge is -2.15. The fourth-order valence-electron chi connectivity index (χ4n) is 8.08. The van der Waals surface area contributed by atoms with E-state index in [2.05, 4.69) is 222 Å². The normalized spacial score (nSPS) is 11.3. The van der Waals surface area contributed by atoms with Gasteiger partial charge in [-0.05, 0) is 98.2 Å². The van der Waals surface area contributed by atoms with E-state index >= 15 is 0 Å². The molecule has 0 spiro atoms. The third-order valence-electron chi connectivity index (χ3n) is 10.6. The molecule has 54 heavy (non-hydrogen) atoms. The molecule has 2 nitrogen and oxygen atoms in total. The lowest BCUT2D eigenvalue weighted by atomic mass is 9.91. The summed E-state index contributed by atoms with van der Waals surface area (Å²) in [6.07, 6.45) is 0. The summed E-state index contributed by atoms with van der Waals surface area (Å²) in [7, 11) is 0. The Balaban J connectivity index is 0.959. The van der Waals surface area contributed by atoms with E-state index in [-0.39, 0.29) is 0 Å². The van der Waals surface area contributed by atoms with E-state index in [0.717, 1.165) is 16.9 Å². The first-order chi connectivity index (χ1) is 26.8. The highest BCUT2D eigenvalue weighted by Crippen LogP contribution is 2.39. The second-order valence-electron chi connectivity index (χ2n) is 13.8. The van der Waals surface area contributed by atoms with Crippen molar-refractivity contribution in [2.45, 2.75) is 0 Å². The number of nitrogens with one attached hydrogen (secondary N) is 1. The van der Waals surface area contributed by atoms with Gasteiger partial charge in [-0.3, -0.25) is 0 Å². The molecule has 1 N–H and O–H groups in total. The maximum absolute atomic E-state index is 3.67. The molecule has 0 aliphatic heterocycles. The SMILES string of the molecule is c1ccc(-c2cccc3cccc(-c4ccc(Nc5cccc(-c6cccc(-c7ccccc7-n7c8ccccc8c8ccccc87)c6)c5)cc4)c23)cc1. The van der Waals surface area contributed by atoms with Crippen LogP contribution in [0.3, 0.4) is 0 Å². The number of hydrogen-bond acceptors (Lipinski definition) is 1. The number of anilines is 2. The average Bonchev–Trinajstić information content (AvgIpc) is 3.58. The molecule has 2 heteroatoms. The molecular formula is C52H36N2. The number of fused-ring (bicyclic) bond motifs is 4. The van der Waals surface area contributed by atoms with Gasteiger partial charge in [0.1, 0.15) is 0 Å². The molecule has 0 radical (unpaired) electrons. The van der Waals surface area contributed by atoms with Gasteiger partial charge in [-0.15, -0.1) is 0 Å². The molecule has 1 aromatic heterocycles. The molecule has 0 aliphatic carbocycles. The van der Waals surface area contributed by atoms with Crippen molar-refractivity contribution in [2.75, 3.05) is 5.32 Å². The molecule has 10 aromatic rings. The van der Waals surface area contributed by atoms with Crippen molar-refractivity contribution in [2.24, 2.45) is 0 Å². The Bertz CT molecular complexity index is 2890. The molecule has 10 rings (SSSR count). The van der Waals surface area contributed by atoms with Crippen LogP contribution in [0, 0.1) is 0 Å². The first-order valence-electron chi connectivity index (χ1n) is 18.5. The Morgan fingerprint density at radius 1 is 0.315 bits per heavy atom. The Hall–Kier alpha value is -7.16. The monoisotopic (exact) mass is 688 g/mol. The van der Waals surface area contributed by atoms with Gasteiger partial charge in [0.25, 0.3) is 0 Å². The summed E-state index contributed by atoms with van der Waals surface area (Å²) < 4.78 is 2.41. The summed E-state index contributed by atoms with van der Waals surface area (Å²) in [5.41, 5.74) is 15.3. The first kappa shape index (κ1) is 31.6. The summed E-state index contributed by atoms with van der Waals surface area (Å²) in [6.45, 7) is 0. The summed E-state index contributed by atoms with van der Waals surface area (Å²) in [6, 6.07) is 76.4. The van der Waals surface area contributed by atoms with Gasteiger partial charge in [-0.25, -0.2) is 0 Å². The van der Waals surface area contributed by atoms with Gasteiger partial charge in [0.2, 0.25) is 0 Å². The number of para-hydroxylation sites is 3. The standard InChI is InChI=1S/C52H36N2/c1-2-14-36(15-3-1)45-25-12-16-38-17-13-26-46(52(38)45)37-30-32-42(33-31-37)53-43-21-11-19-40(35-43)39-18-10-20-41(34-39)44-22-4-7-27-49(44)54-50-28-8-5-23-47(50)48-24-6-9-29-51(48)54/h1-35,53H. The molecule has 1 heterocycles. The second kappa shape index (κ2) is 13.4. The van der Waals surface area contributed by atoms with Gasteiger partial charge in [0, 0.05) is 27.7 Å². The van der Waals surface area contributed by atoms with E-state index in [4.69, 9.17) is 0 Å². The zero-order valence-electron chi connectivity index (χ0n) is 29.7. The summed E-state index contributed by atoms with van der Waals surface area (Å²) in [5.74, 6) is 0. The van der Waals surface area contributed by atoms with E-state index < -0.39 is 0 Å². The van der Waals surface area contributed by atoms with Gasteiger partial charge in [-0.1, -0.05) is 164 Å². The van der Waals surface area contributed by atoms with Crippen LogP contribution in [-0.4, -0.2) is 4.57 Å². The van der Waals surface area contributed by atoms with Crippen molar-refractivity contribution >= 4 is 44.0 Å². The van der Waals surface area contributed by atoms with Crippen LogP contribution in [0.25, 0.3) is 82.8 Å². The highest BCUT2D eigenvalue weighted by atomic mass is 15.0. The van der Waals surface area contributed by atoms with E-state index in [0.29, 0.717) is 0 Å². The van der Waals surface area contributed by atoms with Gasteiger partial charge < -0.3 is 9.88 Å². The predicted octanol–water partition coefficient (Wildman–Crippen LogP) is 14.3. The largest absolute Gasteiger partial charge is 0.356 e. The molecule has 254 valence electrons. The number of nitrogens with zero attached hydrogens (tertiary/aromatic N) is 1. The van der Waals surface area contributed by atoms with Crippen molar-refractivity contribution in [1.29, 1.82) is 0 Å². The van der Waals surface area contributed by atoms with E-state index in [1.165, 1.54) is 77.2 Å². The van der Waals surface area contributed by atoms with Gasteiger partial charge >= 0.3 is 0 Å². The number of aromatic nitrogens is 1. The molecule has 0 saturated carbocycles. The molecule has 0 aliphatic rings. The number of rotatable bonds is 7. The molecule has 9 aromatic carbocycles. The molecule has 0 unspecified atom stereocenters. The van der Waals surface area contributed by atoms with Crippen molar-refractivity contribution < 1.29 is 0 Å². The van der Waals surface area contributed by atoms with Crippen molar-refractivity contribution in [1.82, 2.24) is 4.57 Å². The van der Waals surface area contributed by atoms with Crippen LogP contribution in [0.1, 0.15) is 0 Å². The Morgan fingerprint density at radius 3 is 1.56 bits per heavy atom. The van der Waals surface area contributed by atoms with Crippen molar-refractivity contribution in [3.8, 4) is 50.2 Å². The van der Waals surface area contributed by atoms with Gasteiger partial charge in [-0.2, -0.15) is 0 Å². The minimum absolute atomic E-state index is 1.05. The topological polar surface area (TPSA) is 17.0 Å². The zero-order chi connectivity index (χ0) is 35.8. The van der Waals surface area contributed by atoms with E-state index in [9.17, 15) is 0 Å². The van der Waals surface area contributed by atoms with Crippen LogP contribution < -0.4 is 5.32 Å². The fourth-order valence-corrected chi connectivity index (χ4v) is 8.08. The summed E-state index contributed by atoms with van der Waals surface area (Å²) in [4.78, 5) is 0. The van der Waals surface area contributed by atoms with Crippen LogP contribution in [0.15, 0.2) is 212 Å². The third-order valence-corrected chi connectivity index (χ3v) is 10.6. The third kappa shape index (κ3) is 5.62. The maximum atomic E-state index is 3.67. The zero-order valence-corrected chi connectivity index (χ0v) is 29.7. The summed E-state index contributed by atoms with van der Waals surface area (Å²) >= 11 is 0. The van der Waals surface area contributed by atoms with Crippen LogP contribution >= 0.6 is 0 Å². The molecule has 0 fully saturated rings. The highest BCUT2D eigenvalue weighted by Gasteiger charge is 2.16. The lowest BCUT2D eigenvalue weighted by molar-refractivity contribution is 1.18. The molecular weight excluding hydrogens is 653 g/mol. The van der Waals surface area contributed by atoms with Crippen LogP contribution in [-0.2, 0) is 0 Å². The van der Waals surface area contributed by atoms with Crippen molar-refractivity contribution in [3.63, 3.8) is 0 Å². The van der Waals surface area contributed by atoms with E-state index in [1.54, 1.807) is 0 Å². The Labute approximate surface area is 315 Å². The molecule has 0 bridgehead atoms. The Morgan fingerprint density at radius 2 is 0.833 bits per heavy atom. The number of hydrogen-bond donors (Lipinski definition) is 1. The van der Waals surface area contributed by atoms with Crippen LogP contribution in [0.4, 0.5) is 11.4 Å².